The fourth-order valence-electron chi connectivity index (χ4n) is 3.07. The van der Waals surface area contributed by atoms with E-state index in [1.165, 1.54) is 5.69 Å². The van der Waals surface area contributed by atoms with E-state index in [-0.39, 0.29) is 11.7 Å². The SMILES string of the molecule is O=C(Cc1ccc(O)cc1)NCC1CCN(c2ccncc2)CC1. The summed E-state index contributed by atoms with van der Waals surface area (Å²) in [6.07, 6.45) is 6.18. The summed E-state index contributed by atoms with van der Waals surface area (Å²) in [4.78, 5) is 18.5. The van der Waals surface area contributed by atoms with Crippen molar-refractivity contribution in [1.82, 2.24) is 10.3 Å². The Balaban J connectivity index is 1.40. The number of aromatic hydroxyl groups is 1. The Hall–Kier alpha value is -2.56. The summed E-state index contributed by atoms with van der Waals surface area (Å²) in [6, 6.07) is 10.9. The van der Waals surface area contributed by atoms with Crippen molar-refractivity contribution in [3.63, 3.8) is 0 Å². The molecular weight excluding hydrogens is 302 g/mol. The van der Waals surface area contributed by atoms with Gasteiger partial charge in [0.1, 0.15) is 5.75 Å². The zero-order valence-electron chi connectivity index (χ0n) is 13.7. The number of anilines is 1. The standard InChI is InChI=1S/C19H23N3O2/c23-18-3-1-15(2-4-18)13-19(24)21-14-16-7-11-22(12-8-16)17-5-9-20-10-6-17/h1-6,9-10,16,23H,7-8,11-14H2,(H,21,24). The normalized spacial score (nSPS) is 15.2. The van der Waals surface area contributed by atoms with Crippen molar-refractivity contribution < 1.29 is 9.90 Å². The van der Waals surface area contributed by atoms with Crippen LogP contribution in [0.2, 0.25) is 0 Å². The van der Waals surface area contributed by atoms with Crippen molar-refractivity contribution in [1.29, 1.82) is 0 Å². The van der Waals surface area contributed by atoms with Crippen LogP contribution in [0, 0.1) is 5.92 Å². The van der Waals surface area contributed by atoms with E-state index in [0.29, 0.717) is 12.3 Å². The number of hydrogen-bond donors (Lipinski definition) is 2. The lowest BCUT2D eigenvalue weighted by atomic mass is 9.96. The summed E-state index contributed by atoms with van der Waals surface area (Å²) in [5.41, 5.74) is 2.14. The van der Waals surface area contributed by atoms with Crippen LogP contribution in [0.25, 0.3) is 0 Å². The molecule has 0 unspecified atom stereocenters. The van der Waals surface area contributed by atoms with Crippen LogP contribution in [0.15, 0.2) is 48.8 Å². The number of phenolic OH excluding ortho intramolecular Hbond substituents is 1. The number of nitrogens with zero attached hydrogens (tertiary/aromatic N) is 2. The molecule has 1 aromatic heterocycles. The molecule has 0 spiro atoms. The number of carbonyl (C=O) groups is 1. The van der Waals surface area contributed by atoms with Gasteiger partial charge in [-0.15, -0.1) is 0 Å². The van der Waals surface area contributed by atoms with Crippen molar-refractivity contribution >= 4 is 11.6 Å². The highest BCUT2D eigenvalue weighted by molar-refractivity contribution is 5.78. The lowest BCUT2D eigenvalue weighted by molar-refractivity contribution is -0.120. The average molecular weight is 325 g/mol. The van der Waals surface area contributed by atoms with Crippen molar-refractivity contribution in [2.24, 2.45) is 5.92 Å². The lowest BCUT2D eigenvalue weighted by Gasteiger charge is -2.33. The third kappa shape index (κ3) is 4.47. The summed E-state index contributed by atoms with van der Waals surface area (Å²) in [5.74, 6) is 0.796. The maximum absolute atomic E-state index is 12.0. The molecule has 2 aromatic rings. The van der Waals surface area contributed by atoms with E-state index < -0.39 is 0 Å². The smallest absolute Gasteiger partial charge is 0.224 e. The molecule has 0 atom stereocenters. The summed E-state index contributed by atoms with van der Waals surface area (Å²) in [6.45, 7) is 2.77. The van der Waals surface area contributed by atoms with Gasteiger partial charge in [0, 0.05) is 37.7 Å². The summed E-state index contributed by atoms with van der Waals surface area (Å²) >= 11 is 0. The summed E-state index contributed by atoms with van der Waals surface area (Å²) in [5, 5.41) is 12.3. The second-order valence-electron chi connectivity index (χ2n) is 6.28. The van der Waals surface area contributed by atoms with Gasteiger partial charge in [-0.1, -0.05) is 12.1 Å². The third-order valence-corrected chi connectivity index (χ3v) is 4.53. The molecule has 0 saturated carbocycles. The van der Waals surface area contributed by atoms with Gasteiger partial charge in [0.2, 0.25) is 5.91 Å². The maximum Gasteiger partial charge on any atom is 0.224 e. The molecule has 2 N–H and O–H groups in total. The minimum Gasteiger partial charge on any atom is -0.508 e. The minimum atomic E-state index is 0.0391. The molecule has 1 amide bonds. The molecular formula is C19H23N3O2. The average Bonchev–Trinajstić information content (AvgIpc) is 2.63. The van der Waals surface area contributed by atoms with Gasteiger partial charge in [-0.05, 0) is 48.6 Å². The monoisotopic (exact) mass is 325 g/mol. The van der Waals surface area contributed by atoms with Crippen molar-refractivity contribution in [2.45, 2.75) is 19.3 Å². The number of phenols is 1. The molecule has 2 heterocycles. The van der Waals surface area contributed by atoms with E-state index in [1.807, 2.05) is 24.5 Å². The van der Waals surface area contributed by atoms with Crippen molar-refractivity contribution in [2.75, 3.05) is 24.5 Å². The van der Waals surface area contributed by atoms with E-state index in [4.69, 9.17) is 0 Å². The Morgan fingerprint density at radius 2 is 1.79 bits per heavy atom. The van der Waals surface area contributed by atoms with E-state index in [2.05, 4.69) is 15.2 Å². The Bertz CT molecular complexity index is 650. The molecule has 0 aliphatic carbocycles. The highest BCUT2D eigenvalue weighted by Gasteiger charge is 2.19. The second kappa shape index (κ2) is 7.81. The first-order valence-corrected chi connectivity index (χ1v) is 8.40. The number of amides is 1. The molecule has 0 bridgehead atoms. The Morgan fingerprint density at radius 1 is 1.12 bits per heavy atom. The van der Waals surface area contributed by atoms with Gasteiger partial charge in [-0.25, -0.2) is 0 Å². The van der Waals surface area contributed by atoms with Crippen molar-refractivity contribution in [3.05, 3.63) is 54.4 Å². The van der Waals surface area contributed by atoms with Crippen molar-refractivity contribution in [3.8, 4) is 5.75 Å². The summed E-state index contributed by atoms with van der Waals surface area (Å²) in [7, 11) is 0. The van der Waals surface area contributed by atoms with E-state index in [1.54, 1.807) is 24.3 Å². The molecule has 3 rings (SSSR count). The molecule has 5 heteroatoms. The first-order valence-electron chi connectivity index (χ1n) is 8.40. The van der Waals surface area contributed by atoms with Gasteiger partial charge in [-0.2, -0.15) is 0 Å². The maximum atomic E-state index is 12.0. The molecule has 1 saturated heterocycles. The molecule has 1 aliphatic heterocycles. The fraction of sp³-hybridized carbons (Fsp3) is 0.368. The molecule has 1 fully saturated rings. The number of aromatic nitrogens is 1. The van der Waals surface area contributed by atoms with Crippen LogP contribution in [-0.2, 0) is 11.2 Å². The second-order valence-corrected chi connectivity index (χ2v) is 6.28. The number of carbonyl (C=O) groups excluding carboxylic acids is 1. The van der Waals surface area contributed by atoms with Gasteiger partial charge < -0.3 is 15.3 Å². The predicted molar refractivity (Wildman–Crippen MR) is 94.0 cm³/mol. The van der Waals surface area contributed by atoms with Crippen LogP contribution in [0.5, 0.6) is 5.75 Å². The molecule has 0 radical (unpaired) electrons. The Morgan fingerprint density at radius 3 is 2.46 bits per heavy atom. The molecule has 1 aliphatic rings. The highest BCUT2D eigenvalue weighted by Crippen LogP contribution is 2.22. The predicted octanol–water partition coefficient (Wildman–Crippen LogP) is 2.36. The summed E-state index contributed by atoms with van der Waals surface area (Å²) < 4.78 is 0. The quantitative estimate of drug-likeness (QED) is 0.886. The molecule has 5 nitrogen and oxygen atoms in total. The van der Waals surface area contributed by atoms with Crippen LogP contribution in [0.1, 0.15) is 18.4 Å². The fourth-order valence-corrected chi connectivity index (χ4v) is 3.07. The van der Waals surface area contributed by atoms with Crippen LogP contribution < -0.4 is 10.2 Å². The first kappa shape index (κ1) is 16.3. The van der Waals surface area contributed by atoms with E-state index >= 15 is 0 Å². The number of benzene rings is 1. The number of piperidine rings is 1. The zero-order valence-corrected chi connectivity index (χ0v) is 13.7. The largest absolute Gasteiger partial charge is 0.508 e. The van der Waals surface area contributed by atoms with Crippen LogP contribution in [-0.4, -0.2) is 35.6 Å². The van der Waals surface area contributed by atoms with Crippen LogP contribution in [0.4, 0.5) is 5.69 Å². The Kier molecular flexibility index (Phi) is 5.31. The van der Waals surface area contributed by atoms with E-state index in [9.17, 15) is 9.90 Å². The van der Waals surface area contributed by atoms with Crippen LogP contribution >= 0.6 is 0 Å². The van der Waals surface area contributed by atoms with Gasteiger partial charge in [0.25, 0.3) is 0 Å². The molecule has 126 valence electrons. The topological polar surface area (TPSA) is 65.5 Å². The van der Waals surface area contributed by atoms with E-state index in [0.717, 1.165) is 38.0 Å². The molecule has 24 heavy (non-hydrogen) atoms. The van der Waals surface area contributed by atoms with Gasteiger partial charge >= 0.3 is 0 Å². The number of hydrogen-bond acceptors (Lipinski definition) is 4. The molecule has 1 aromatic carbocycles. The zero-order chi connectivity index (χ0) is 16.8. The Labute approximate surface area is 142 Å². The number of pyridine rings is 1. The van der Waals surface area contributed by atoms with Gasteiger partial charge in [0.05, 0.1) is 6.42 Å². The van der Waals surface area contributed by atoms with Gasteiger partial charge in [0.15, 0.2) is 0 Å². The van der Waals surface area contributed by atoms with Crippen LogP contribution in [0.3, 0.4) is 0 Å². The first-order chi connectivity index (χ1) is 11.7. The lowest BCUT2D eigenvalue weighted by Crippen LogP contribution is -2.39. The van der Waals surface area contributed by atoms with Gasteiger partial charge in [-0.3, -0.25) is 9.78 Å². The number of rotatable bonds is 5. The highest BCUT2D eigenvalue weighted by atomic mass is 16.3. The minimum absolute atomic E-state index is 0.0391. The third-order valence-electron chi connectivity index (χ3n) is 4.53. The number of nitrogens with one attached hydrogen (secondary N) is 1.